The molecule has 1 aliphatic carbocycles. The van der Waals surface area contributed by atoms with Crippen molar-refractivity contribution < 1.29 is 0 Å². The molecule has 1 saturated heterocycles. The number of likely N-dealkylation sites (N-methyl/N-ethyl adjacent to an activating group) is 1. The minimum absolute atomic E-state index is 0. The van der Waals surface area contributed by atoms with Gasteiger partial charge >= 0.3 is 0 Å². The van der Waals surface area contributed by atoms with Gasteiger partial charge in [-0.3, -0.25) is 9.89 Å². The minimum atomic E-state index is 0. The van der Waals surface area contributed by atoms with E-state index in [0.717, 1.165) is 12.5 Å². The summed E-state index contributed by atoms with van der Waals surface area (Å²) < 4.78 is 0. The number of halogens is 1. The van der Waals surface area contributed by atoms with E-state index < -0.39 is 0 Å². The molecule has 5 heteroatoms. The Hall–Kier alpha value is -0.0400. The molecule has 1 saturated carbocycles. The SMILES string of the molecule is CCN1CCCCC1CNC(=NC)NC1CC1.I. The van der Waals surface area contributed by atoms with Crippen molar-refractivity contribution in [2.75, 3.05) is 26.7 Å². The molecule has 0 amide bonds. The van der Waals surface area contributed by atoms with E-state index in [-0.39, 0.29) is 24.0 Å². The minimum Gasteiger partial charge on any atom is -0.355 e. The summed E-state index contributed by atoms with van der Waals surface area (Å²) >= 11 is 0. The Morgan fingerprint density at radius 2 is 2.06 bits per heavy atom. The maximum atomic E-state index is 4.28. The smallest absolute Gasteiger partial charge is 0.191 e. The highest BCUT2D eigenvalue weighted by Crippen LogP contribution is 2.18. The molecule has 2 aliphatic rings. The second-order valence-corrected chi connectivity index (χ2v) is 5.15. The van der Waals surface area contributed by atoms with E-state index in [9.17, 15) is 0 Å². The van der Waals surface area contributed by atoms with Crippen LogP contribution in [-0.4, -0.2) is 49.6 Å². The molecule has 1 atom stereocenters. The van der Waals surface area contributed by atoms with Crippen LogP contribution in [0.2, 0.25) is 0 Å². The number of hydrogen-bond acceptors (Lipinski definition) is 2. The van der Waals surface area contributed by atoms with Crippen LogP contribution in [0.5, 0.6) is 0 Å². The van der Waals surface area contributed by atoms with E-state index in [0.29, 0.717) is 12.1 Å². The number of piperidine rings is 1. The number of nitrogens with one attached hydrogen (secondary N) is 2. The molecule has 0 radical (unpaired) electrons. The summed E-state index contributed by atoms with van der Waals surface area (Å²) in [6.45, 7) is 5.72. The van der Waals surface area contributed by atoms with Crippen LogP contribution >= 0.6 is 24.0 Å². The summed E-state index contributed by atoms with van der Waals surface area (Å²) in [6.07, 6.45) is 6.65. The molecule has 106 valence electrons. The van der Waals surface area contributed by atoms with E-state index in [1.807, 2.05) is 7.05 Å². The van der Waals surface area contributed by atoms with Gasteiger partial charge in [0.05, 0.1) is 0 Å². The largest absolute Gasteiger partial charge is 0.355 e. The monoisotopic (exact) mass is 366 g/mol. The molecular formula is C13H27IN4. The molecule has 4 nitrogen and oxygen atoms in total. The molecule has 1 aliphatic heterocycles. The van der Waals surface area contributed by atoms with Crippen LogP contribution in [0.4, 0.5) is 0 Å². The van der Waals surface area contributed by atoms with Gasteiger partial charge in [0.2, 0.25) is 0 Å². The van der Waals surface area contributed by atoms with Gasteiger partial charge in [0.25, 0.3) is 0 Å². The Morgan fingerprint density at radius 3 is 2.67 bits per heavy atom. The zero-order chi connectivity index (χ0) is 12.1. The molecule has 2 rings (SSSR count). The number of likely N-dealkylation sites (tertiary alicyclic amines) is 1. The van der Waals surface area contributed by atoms with E-state index >= 15 is 0 Å². The van der Waals surface area contributed by atoms with E-state index in [2.05, 4.69) is 27.4 Å². The van der Waals surface area contributed by atoms with E-state index in [4.69, 9.17) is 0 Å². The summed E-state index contributed by atoms with van der Waals surface area (Å²) in [7, 11) is 1.86. The lowest BCUT2D eigenvalue weighted by atomic mass is 10.0. The van der Waals surface area contributed by atoms with Gasteiger partial charge in [-0.1, -0.05) is 13.3 Å². The number of nitrogens with zero attached hydrogens (tertiary/aromatic N) is 2. The number of guanidine groups is 1. The van der Waals surface area contributed by atoms with Crippen LogP contribution in [0.15, 0.2) is 4.99 Å². The summed E-state index contributed by atoms with van der Waals surface area (Å²) in [5.74, 6) is 0.981. The Bertz CT molecular complexity index is 266. The predicted molar refractivity (Wildman–Crippen MR) is 87.8 cm³/mol. The molecule has 0 aromatic rings. The van der Waals surface area contributed by atoms with Crippen molar-refractivity contribution >= 4 is 29.9 Å². The summed E-state index contributed by atoms with van der Waals surface area (Å²) in [5, 5.41) is 6.91. The van der Waals surface area contributed by atoms with E-state index in [1.54, 1.807) is 0 Å². The fraction of sp³-hybridized carbons (Fsp3) is 0.923. The average Bonchev–Trinajstić information content (AvgIpc) is 3.18. The van der Waals surface area contributed by atoms with Crippen molar-refractivity contribution in [1.82, 2.24) is 15.5 Å². The van der Waals surface area contributed by atoms with Gasteiger partial charge < -0.3 is 10.6 Å². The molecular weight excluding hydrogens is 339 g/mol. The van der Waals surface area contributed by atoms with E-state index in [1.165, 1.54) is 45.2 Å². The van der Waals surface area contributed by atoms with Crippen molar-refractivity contribution in [2.24, 2.45) is 4.99 Å². The molecule has 0 bridgehead atoms. The molecule has 2 N–H and O–H groups in total. The van der Waals surface area contributed by atoms with Crippen LogP contribution in [-0.2, 0) is 0 Å². The predicted octanol–water partition coefficient (Wildman–Crippen LogP) is 1.81. The van der Waals surface area contributed by atoms with Gasteiger partial charge in [0.15, 0.2) is 5.96 Å². The standard InChI is InChI=1S/C13H26N4.HI/c1-3-17-9-5-4-6-12(17)10-15-13(14-2)16-11-7-8-11;/h11-12H,3-10H2,1-2H3,(H2,14,15,16);1H. The second kappa shape index (κ2) is 8.19. The maximum Gasteiger partial charge on any atom is 0.191 e. The topological polar surface area (TPSA) is 39.7 Å². The van der Waals surface area contributed by atoms with Crippen LogP contribution < -0.4 is 10.6 Å². The third kappa shape index (κ3) is 4.91. The van der Waals surface area contributed by atoms with Gasteiger partial charge in [0, 0.05) is 25.7 Å². The normalized spacial score (nSPS) is 25.4. The van der Waals surface area contributed by atoms with Crippen molar-refractivity contribution in [3.8, 4) is 0 Å². The lowest BCUT2D eigenvalue weighted by molar-refractivity contribution is 0.157. The highest BCUT2D eigenvalue weighted by atomic mass is 127. The third-order valence-corrected chi connectivity index (χ3v) is 3.80. The van der Waals surface area contributed by atoms with Crippen LogP contribution in [0.1, 0.15) is 39.0 Å². The Balaban J connectivity index is 0.00000162. The molecule has 1 unspecified atom stereocenters. The molecule has 2 fully saturated rings. The van der Waals surface area contributed by atoms with Gasteiger partial charge in [-0.25, -0.2) is 0 Å². The molecule has 0 spiro atoms. The van der Waals surface area contributed by atoms with Crippen LogP contribution in [0.3, 0.4) is 0 Å². The quantitative estimate of drug-likeness (QED) is 0.453. The lowest BCUT2D eigenvalue weighted by Gasteiger charge is -2.35. The number of rotatable bonds is 4. The highest BCUT2D eigenvalue weighted by Gasteiger charge is 2.24. The van der Waals surface area contributed by atoms with Crippen molar-refractivity contribution in [3.05, 3.63) is 0 Å². The molecule has 1 heterocycles. The fourth-order valence-corrected chi connectivity index (χ4v) is 2.54. The van der Waals surface area contributed by atoms with Crippen molar-refractivity contribution in [2.45, 2.75) is 51.1 Å². The Kier molecular flexibility index (Phi) is 7.29. The summed E-state index contributed by atoms with van der Waals surface area (Å²) in [5.41, 5.74) is 0. The van der Waals surface area contributed by atoms with Gasteiger partial charge in [-0.2, -0.15) is 0 Å². The van der Waals surface area contributed by atoms with Crippen molar-refractivity contribution in [3.63, 3.8) is 0 Å². The zero-order valence-electron chi connectivity index (χ0n) is 11.6. The average molecular weight is 366 g/mol. The fourth-order valence-electron chi connectivity index (χ4n) is 2.54. The Labute approximate surface area is 128 Å². The zero-order valence-corrected chi connectivity index (χ0v) is 13.9. The first-order chi connectivity index (χ1) is 8.33. The number of aliphatic imine (C=N–C) groups is 1. The number of hydrogen-bond donors (Lipinski definition) is 2. The molecule has 0 aromatic heterocycles. The molecule has 18 heavy (non-hydrogen) atoms. The van der Waals surface area contributed by atoms with Gasteiger partial charge in [-0.05, 0) is 38.8 Å². The highest BCUT2D eigenvalue weighted by molar-refractivity contribution is 14.0. The van der Waals surface area contributed by atoms with Gasteiger partial charge in [0.1, 0.15) is 0 Å². The second-order valence-electron chi connectivity index (χ2n) is 5.15. The Morgan fingerprint density at radius 1 is 1.28 bits per heavy atom. The maximum absolute atomic E-state index is 4.28. The van der Waals surface area contributed by atoms with Crippen LogP contribution in [0.25, 0.3) is 0 Å². The van der Waals surface area contributed by atoms with Crippen LogP contribution in [0, 0.1) is 0 Å². The first-order valence-corrected chi connectivity index (χ1v) is 7.04. The molecule has 0 aromatic carbocycles. The lowest BCUT2D eigenvalue weighted by Crippen LogP contribution is -2.49. The van der Waals surface area contributed by atoms with Crippen molar-refractivity contribution in [1.29, 1.82) is 0 Å². The first-order valence-electron chi connectivity index (χ1n) is 7.04. The first kappa shape index (κ1) is 16.0. The van der Waals surface area contributed by atoms with Gasteiger partial charge in [-0.15, -0.1) is 24.0 Å². The third-order valence-electron chi connectivity index (χ3n) is 3.80. The summed E-state index contributed by atoms with van der Waals surface area (Å²) in [4.78, 5) is 6.86. The summed E-state index contributed by atoms with van der Waals surface area (Å²) in [6, 6.07) is 1.36.